The van der Waals surface area contributed by atoms with Gasteiger partial charge in [-0.1, -0.05) is 0 Å². The molecule has 1 atom stereocenters. The second-order valence-corrected chi connectivity index (χ2v) is 6.52. The Kier molecular flexibility index (Phi) is 4.63. The lowest BCUT2D eigenvalue weighted by Crippen LogP contribution is -2.31. The number of nitrogens with one attached hydrogen (secondary N) is 1. The highest BCUT2D eigenvalue weighted by molar-refractivity contribution is 5.95. The van der Waals surface area contributed by atoms with Crippen LogP contribution in [-0.4, -0.2) is 39.9 Å². The zero-order valence-electron chi connectivity index (χ0n) is 16.2. The molecule has 0 radical (unpaired) electrons. The van der Waals surface area contributed by atoms with E-state index in [0.717, 1.165) is 11.1 Å². The summed E-state index contributed by atoms with van der Waals surface area (Å²) in [5.74, 6) is 1.69. The van der Waals surface area contributed by atoms with E-state index in [1.54, 1.807) is 44.3 Å². The minimum Gasteiger partial charge on any atom is -0.497 e. The summed E-state index contributed by atoms with van der Waals surface area (Å²) in [4.78, 5) is 20.9. The zero-order valence-corrected chi connectivity index (χ0v) is 16.2. The quantitative estimate of drug-likeness (QED) is 0.683. The molecule has 0 saturated heterocycles. The molecule has 4 rings (SSSR count). The maximum Gasteiger partial charge on any atom is 0.248 e. The third-order valence-corrected chi connectivity index (χ3v) is 4.75. The van der Waals surface area contributed by atoms with Crippen LogP contribution in [0.3, 0.4) is 0 Å². The molecule has 1 aliphatic rings. The molecule has 1 aromatic carbocycles. The number of nitrogens with zero attached hydrogens (tertiary/aromatic N) is 4. The van der Waals surface area contributed by atoms with Gasteiger partial charge in [0, 0.05) is 29.7 Å². The minimum atomic E-state index is -0.525. The third-order valence-electron chi connectivity index (χ3n) is 4.75. The van der Waals surface area contributed by atoms with Gasteiger partial charge in [-0.15, -0.1) is 5.10 Å². The molecule has 0 aliphatic carbocycles. The molecule has 148 valence electrons. The highest BCUT2D eigenvalue weighted by Crippen LogP contribution is 2.36. The van der Waals surface area contributed by atoms with Gasteiger partial charge in [0.2, 0.25) is 11.9 Å². The lowest BCUT2D eigenvalue weighted by Gasteiger charge is -2.27. The van der Waals surface area contributed by atoms with Gasteiger partial charge in [-0.2, -0.15) is 4.98 Å². The van der Waals surface area contributed by atoms with Gasteiger partial charge in [0.15, 0.2) is 5.82 Å². The molecule has 3 aromatic rings. The van der Waals surface area contributed by atoms with E-state index in [9.17, 15) is 4.79 Å². The van der Waals surface area contributed by atoms with Crippen molar-refractivity contribution >= 4 is 11.9 Å². The van der Waals surface area contributed by atoms with Crippen LogP contribution in [0.4, 0.5) is 5.95 Å². The van der Waals surface area contributed by atoms with Crippen molar-refractivity contribution in [2.75, 3.05) is 19.5 Å². The van der Waals surface area contributed by atoms with Gasteiger partial charge < -0.3 is 20.5 Å². The highest BCUT2D eigenvalue weighted by Gasteiger charge is 2.33. The molecule has 3 N–H and O–H groups in total. The number of primary amides is 1. The van der Waals surface area contributed by atoms with Crippen LogP contribution in [-0.2, 0) is 4.79 Å². The monoisotopic (exact) mass is 392 g/mol. The lowest BCUT2D eigenvalue weighted by atomic mass is 9.96. The topological polar surface area (TPSA) is 117 Å². The fraction of sp³-hybridized carbons (Fsp3) is 0.200. The van der Waals surface area contributed by atoms with E-state index >= 15 is 0 Å². The van der Waals surface area contributed by atoms with Crippen molar-refractivity contribution in [3.63, 3.8) is 0 Å². The first-order valence-electron chi connectivity index (χ1n) is 8.89. The van der Waals surface area contributed by atoms with E-state index in [4.69, 9.17) is 15.2 Å². The third kappa shape index (κ3) is 3.27. The maximum atomic E-state index is 12.2. The van der Waals surface area contributed by atoms with Crippen LogP contribution >= 0.6 is 0 Å². The smallest absolute Gasteiger partial charge is 0.248 e. The Bertz CT molecular complexity index is 1080. The van der Waals surface area contributed by atoms with Gasteiger partial charge in [0.05, 0.1) is 19.8 Å². The van der Waals surface area contributed by atoms with Crippen LogP contribution < -0.4 is 20.5 Å². The van der Waals surface area contributed by atoms with Gasteiger partial charge in [-0.3, -0.25) is 9.78 Å². The summed E-state index contributed by atoms with van der Waals surface area (Å²) >= 11 is 0. The van der Waals surface area contributed by atoms with Gasteiger partial charge >= 0.3 is 0 Å². The molecular formula is C20H20N6O3. The molecule has 9 nitrogen and oxygen atoms in total. The minimum absolute atomic E-state index is 0.420. The predicted octanol–water partition coefficient (Wildman–Crippen LogP) is 2.13. The standard InChI is InChI=1S/C20H20N6O3/c1-11-16(18(21)27)17(12-4-6-22-7-5-12)26-20(23-11)24-19(25-26)13-8-14(28-2)10-15(9-13)29-3/h4-10,17H,1-3H3,(H2,21,27)(H,23,24,25)/t17-/m0/s1. The van der Waals surface area contributed by atoms with Gasteiger partial charge in [-0.25, -0.2) is 4.68 Å². The molecule has 0 fully saturated rings. The molecule has 1 amide bonds. The first-order chi connectivity index (χ1) is 14.0. The predicted molar refractivity (Wildman–Crippen MR) is 106 cm³/mol. The Morgan fingerprint density at radius 1 is 1.14 bits per heavy atom. The van der Waals surface area contributed by atoms with Gasteiger partial charge in [0.1, 0.15) is 17.5 Å². The lowest BCUT2D eigenvalue weighted by molar-refractivity contribution is -0.115. The van der Waals surface area contributed by atoms with E-state index in [0.29, 0.717) is 34.5 Å². The van der Waals surface area contributed by atoms with Crippen LogP contribution in [0.15, 0.2) is 54.0 Å². The van der Waals surface area contributed by atoms with Crippen molar-refractivity contribution in [2.45, 2.75) is 13.0 Å². The van der Waals surface area contributed by atoms with E-state index in [-0.39, 0.29) is 0 Å². The van der Waals surface area contributed by atoms with E-state index < -0.39 is 11.9 Å². The largest absolute Gasteiger partial charge is 0.497 e. The number of ether oxygens (including phenoxy) is 2. The summed E-state index contributed by atoms with van der Waals surface area (Å²) in [6.45, 7) is 1.79. The average molecular weight is 392 g/mol. The van der Waals surface area contributed by atoms with Gasteiger partial charge in [-0.05, 0) is 36.8 Å². The number of carbonyl (C=O) groups excluding carboxylic acids is 1. The number of benzene rings is 1. The number of aromatic nitrogens is 4. The maximum absolute atomic E-state index is 12.2. The van der Waals surface area contributed by atoms with E-state index in [1.165, 1.54) is 0 Å². The fourth-order valence-corrected chi connectivity index (χ4v) is 3.38. The van der Waals surface area contributed by atoms with Crippen molar-refractivity contribution in [3.8, 4) is 22.9 Å². The molecule has 9 heteroatoms. The van der Waals surface area contributed by atoms with E-state index in [1.807, 2.05) is 24.3 Å². The molecule has 0 spiro atoms. The number of carbonyl (C=O) groups is 1. The molecule has 1 aliphatic heterocycles. The summed E-state index contributed by atoms with van der Waals surface area (Å²) in [6, 6.07) is 8.55. The van der Waals surface area contributed by atoms with Crippen LogP contribution in [0.25, 0.3) is 11.4 Å². The summed E-state index contributed by atoms with van der Waals surface area (Å²) in [6.07, 6.45) is 3.32. The van der Waals surface area contributed by atoms with Crippen LogP contribution in [0.2, 0.25) is 0 Å². The van der Waals surface area contributed by atoms with Crippen molar-refractivity contribution < 1.29 is 14.3 Å². The summed E-state index contributed by atoms with van der Waals surface area (Å²) in [7, 11) is 3.16. The normalized spacial score (nSPS) is 15.5. The van der Waals surface area contributed by atoms with Crippen molar-refractivity contribution in [1.82, 2.24) is 19.7 Å². The number of pyridine rings is 1. The number of nitrogens with two attached hydrogens (primary N) is 1. The molecule has 3 heterocycles. The zero-order chi connectivity index (χ0) is 20.5. The number of amides is 1. The second-order valence-electron chi connectivity index (χ2n) is 6.52. The average Bonchev–Trinajstić information content (AvgIpc) is 3.16. The Morgan fingerprint density at radius 2 is 1.79 bits per heavy atom. The summed E-state index contributed by atoms with van der Waals surface area (Å²) < 4.78 is 12.3. The Labute approximate surface area is 167 Å². The van der Waals surface area contributed by atoms with Crippen LogP contribution in [0, 0.1) is 0 Å². The van der Waals surface area contributed by atoms with Crippen molar-refractivity contribution in [2.24, 2.45) is 5.73 Å². The van der Waals surface area contributed by atoms with Crippen LogP contribution in [0.5, 0.6) is 11.5 Å². The van der Waals surface area contributed by atoms with Crippen LogP contribution in [0.1, 0.15) is 18.5 Å². The Balaban J connectivity index is 1.87. The van der Waals surface area contributed by atoms with Gasteiger partial charge in [0.25, 0.3) is 0 Å². The molecule has 29 heavy (non-hydrogen) atoms. The van der Waals surface area contributed by atoms with E-state index in [2.05, 4.69) is 20.4 Å². The molecule has 0 unspecified atom stereocenters. The van der Waals surface area contributed by atoms with Crippen molar-refractivity contribution in [1.29, 1.82) is 0 Å². The number of rotatable bonds is 5. The second kappa shape index (κ2) is 7.27. The first kappa shape index (κ1) is 18.5. The molecule has 2 aromatic heterocycles. The molecule has 0 saturated carbocycles. The Hall–Kier alpha value is -3.88. The first-order valence-corrected chi connectivity index (χ1v) is 8.89. The molecular weight excluding hydrogens is 372 g/mol. The summed E-state index contributed by atoms with van der Waals surface area (Å²) in [5.41, 5.74) is 8.29. The number of fused-ring (bicyclic) bond motifs is 1. The number of allylic oxidation sites excluding steroid dienone is 1. The molecule has 0 bridgehead atoms. The number of methoxy groups -OCH3 is 2. The number of anilines is 1. The fourth-order valence-electron chi connectivity index (χ4n) is 3.38. The highest BCUT2D eigenvalue weighted by atomic mass is 16.5. The SMILES string of the molecule is COc1cc(OC)cc(-c2nc3n(n2)[C@@H](c2ccncc2)C(C(N)=O)=C(C)N3)c1. The number of hydrogen-bond donors (Lipinski definition) is 2. The summed E-state index contributed by atoms with van der Waals surface area (Å²) in [5, 5.41) is 7.79. The number of hydrogen-bond acceptors (Lipinski definition) is 7. The van der Waals surface area contributed by atoms with Crippen molar-refractivity contribution in [3.05, 3.63) is 59.6 Å². The Morgan fingerprint density at radius 3 is 2.38 bits per heavy atom.